The van der Waals surface area contributed by atoms with Gasteiger partial charge >= 0.3 is 0 Å². The zero-order chi connectivity index (χ0) is 15.6. The summed E-state index contributed by atoms with van der Waals surface area (Å²) in [7, 11) is 0.842. The Morgan fingerprint density at radius 2 is 2.14 bits per heavy atom. The van der Waals surface area contributed by atoms with Gasteiger partial charge < -0.3 is 14.6 Å². The minimum Gasteiger partial charge on any atom is -0.387 e. The van der Waals surface area contributed by atoms with Crippen LogP contribution in [0.3, 0.4) is 0 Å². The standard InChI is InChI=1S/C14H21ClIN3OSi/c1-17-11-7-12(15)18-14-13(11)10(16)8-19(14)9-20-5-6-21(2,3)4/h7-8H,5-6,9H2,1-4H3,(H,17,18). The van der Waals surface area contributed by atoms with Gasteiger partial charge in [0.15, 0.2) is 0 Å². The molecule has 2 heterocycles. The van der Waals surface area contributed by atoms with Crippen molar-refractivity contribution in [3.05, 3.63) is 21.0 Å². The number of anilines is 1. The van der Waals surface area contributed by atoms with Gasteiger partial charge in [0.05, 0.1) is 5.39 Å². The maximum atomic E-state index is 6.10. The first-order valence-corrected chi connectivity index (χ1v) is 12.1. The van der Waals surface area contributed by atoms with Gasteiger partial charge in [0, 0.05) is 37.2 Å². The van der Waals surface area contributed by atoms with Crippen LogP contribution in [0, 0.1) is 3.57 Å². The van der Waals surface area contributed by atoms with Gasteiger partial charge in [-0.25, -0.2) is 4.98 Å². The number of rotatable bonds is 6. The molecule has 4 nitrogen and oxygen atoms in total. The number of pyridine rings is 1. The molecule has 0 aliphatic heterocycles. The Labute approximate surface area is 145 Å². The molecule has 1 N–H and O–H groups in total. The lowest BCUT2D eigenvalue weighted by atomic mass is 10.3. The lowest BCUT2D eigenvalue weighted by molar-refractivity contribution is 0.0898. The smallest absolute Gasteiger partial charge is 0.146 e. The minimum absolute atomic E-state index is 0.490. The Hall–Kier alpha value is -0.313. The lowest BCUT2D eigenvalue weighted by Crippen LogP contribution is -2.22. The van der Waals surface area contributed by atoms with Crippen molar-refractivity contribution in [2.75, 3.05) is 19.0 Å². The molecule has 0 aromatic carbocycles. The van der Waals surface area contributed by atoms with Crippen LogP contribution in [0.5, 0.6) is 0 Å². The molecule has 116 valence electrons. The molecule has 0 saturated carbocycles. The van der Waals surface area contributed by atoms with Crippen molar-refractivity contribution in [3.8, 4) is 0 Å². The molecule has 0 unspecified atom stereocenters. The van der Waals surface area contributed by atoms with E-state index in [1.54, 1.807) is 0 Å². The Morgan fingerprint density at radius 3 is 2.76 bits per heavy atom. The van der Waals surface area contributed by atoms with Crippen molar-refractivity contribution in [2.24, 2.45) is 0 Å². The molecule has 0 radical (unpaired) electrons. The summed E-state index contributed by atoms with van der Waals surface area (Å²) in [6.07, 6.45) is 2.06. The van der Waals surface area contributed by atoms with E-state index in [1.165, 1.54) is 6.04 Å². The van der Waals surface area contributed by atoms with Crippen molar-refractivity contribution in [1.82, 2.24) is 9.55 Å². The number of hydrogen-bond donors (Lipinski definition) is 1. The van der Waals surface area contributed by atoms with Crippen LogP contribution in [0.2, 0.25) is 30.8 Å². The fourth-order valence-electron chi connectivity index (χ4n) is 2.04. The van der Waals surface area contributed by atoms with Gasteiger partial charge in [-0.05, 0) is 34.7 Å². The second-order valence-electron chi connectivity index (χ2n) is 6.24. The van der Waals surface area contributed by atoms with Gasteiger partial charge in [0.25, 0.3) is 0 Å². The van der Waals surface area contributed by atoms with Gasteiger partial charge in [0.1, 0.15) is 17.5 Å². The predicted octanol–water partition coefficient (Wildman–Crippen LogP) is 4.65. The molecule has 0 atom stereocenters. The van der Waals surface area contributed by atoms with E-state index < -0.39 is 8.07 Å². The number of ether oxygens (including phenoxy) is 1. The Bertz CT molecular complexity index is 639. The highest BCUT2D eigenvalue weighted by Crippen LogP contribution is 2.30. The van der Waals surface area contributed by atoms with Gasteiger partial charge in [-0.3, -0.25) is 0 Å². The monoisotopic (exact) mass is 437 g/mol. The number of hydrogen-bond acceptors (Lipinski definition) is 3. The molecule has 0 aliphatic rings. The normalized spacial score (nSPS) is 12.1. The molecule has 0 aliphatic carbocycles. The van der Waals surface area contributed by atoms with E-state index in [9.17, 15) is 0 Å². The summed E-state index contributed by atoms with van der Waals surface area (Å²) in [6, 6.07) is 3.02. The third-order valence-electron chi connectivity index (χ3n) is 3.25. The highest BCUT2D eigenvalue weighted by atomic mass is 127. The molecular formula is C14H21ClIN3OSi. The van der Waals surface area contributed by atoms with Crippen molar-refractivity contribution in [3.63, 3.8) is 0 Å². The molecule has 21 heavy (non-hydrogen) atoms. The Morgan fingerprint density at radius 1 is 1.43 bits per heavy atom. The Kier molecular flexibility index (Phi) is 5.56. The van der Waals surface area contributed by atoms with Crippen LogP contribution < -0.4 is 5.32 Å². The van der Waals surface area contributed by atoms with Crippen LogP contribution in [0.15, 0.2) is 12.3 Å². The fourth-order valence-corrected chi connectivity index (χ4v) is 3.86. The van der Waals surface area contributed by atoms with Crippen LogP contribution in [-0.2, 0) is 11.5 Å². The first kappa shape index (κ1) is 17.0. The summed E-state index contributed by atoms with van der Waals surface area (Å²) in [4.78, 5) is 4.44. The minimum atomic E-state index is -1.05. The van der Waals surface area contributed by atoms with Gasteiger partial charge in [0.2, 0.25) is 0 Å². The molecule has 0 saturated heterocycles. The van der Waals surface area contributed by atoms with Crippen LogP contribution in [0.25, 0.3) is 11.0 Å². The number of nitrogens with zero attached hydrogens (tertiary/aromatic N) is 2. The van der Waals surface area contributed by atoms with Crippen LogP contribution >= 0.6 is 34.2 Å². The lowest BCUT2D eigenvalue weighted by Gasteiger charge is -2.15. The Balaban J connectivity index is 2.19. The van der Waals surface area contributed by atoms with E-state index in [1.807, 2.05) is 17.7 Å². The van der Waals surface area contributed by atoms with E-state index in [4.69, 9.17) is 16.3 Å². The summed E-state index contributed by atoms with van der Waals surface area (Å²) >= 11 is 8.42. The quantitative estimate of drug-likeness (QED) is 0.309. The SMILES string of the molecule is CNc1cc(Cl)nc2c1c(I)cn2COCC[Si](C)(C)C. The molecule has 0 fully saturated rings. The average molecular weight is 438 g/mol. The molecule has 2 aromatic heterocycles. The van der Waals surface area contributed by atoms with Crippen molar-refractivity contribution in [2.45, 2.75) is 32.4 Å². The van der Waals surface area contributed by atoms with Gasteiger partial charge in [-0.15, -0.1) is 0 Å². The second-order valence-corrected chi connectivity index (χ2v) is 13.4. The van der Waals surface area contributed by atoms with E-state index in [0.29, 0.717) is 11.9 Å². The average Bonchev–Trinajstić information content (AvgIpc) is 2.69. The van der Waals surface area contributed by atoms with Crippen LogP contribution in [-0.4, -0.2) is 31.3 Å². The first-order chi connectivity index (χ1) is 9.81. The molecule has 0 bridgehead atoms. The molecule has 0 spiro atoms. The third-order valence-corrected chi connectivity index (χ3v) is 5.96. The summed E-state index contributed by atoms with van der Waals surface area (Å²) in [5.74, 6) is 0. The van der Waals surface area contributed by atoms with Crippen molar-refractivity contribution in [1.29, 1.82) is 0 Å². The molecule has 0 amide bonds. The number of aromatic nitrogens is 2. The van der Waals surface area contributed by atoms with E-state index in [2.05, 4.69) is 58.7 Å². The van der Waals surface area contributed by atoms with Crippen LogP contribution in [0.4, 0.5) is 5.69 Å². The largest absolute Gasteiger partial charge is 0.387 e. The first-order valence-electron chi connectivity index (χ1n) is 6.92. The van der Waals surface area contributed by atoms with Crippen LogP contribution in [0.1, 0.15) is 0 Å². The number of halogens is 2. The highest BCUT2D eigenvalue weighted by Gasteiger charge is 2.15. The molecule has 2 aromatic rings. The second kappa shape index (κ2) is 6.85. The zero-order valence-electron chi connectivity index (χ0n) is 12.8. The van der Waals surface area contributed by atoms with Crippen molar-refractivity contribution < 1.29 is 4.74 Å². The summed E-state index contributed by atoms with van der Waals surface area (Å²) in [5.41, 5.74) is 1.86. The molecule has 2 rings (SSSR count). The summed E-state index contributed by atoms with van der Waals surface area (Å²) in [6.45, 7) is 8.37. The zero-order valence-corrected chi connectivity index (χ0v) is 16.7. The highest BCUT2D eigenvalue weighted by molar-refractivity contribution is 14.1. The maximum absolute atomic E-state index is 6.10. The summed E-state index contributed by atoms with van der Waals surface area (Å²) < 4.78 is 8.99. The topological polar surface area (TPSA) is 39.1 Å². The maximum Gasteiger partial charge on any atom is 0.146 e. The third kappa shape index (κ3) is 4.34. The summed E-state index contributed by atoms with van der Waals surface area (Å²) in [5, 5.41) is 4.76. The predicted molar refractivity (Wildman–Crippen MR) is 101 cm³/mol. The number of fused-ring (bicyclic) bond motifs is 1. The molecule has 7 heteroatoms. The van der Waals surface area contributed by atoms with Gasteiger partial charge in [-0.2, -0.15) is 0 Å². The van der Waals surface area contributed by atoms with E-state index in [0.717, 1.165) is 26.9 Å². The fraction of sp³-hybridized carbons (Fsp3) is 0.500. The molecular weight excluding hydrogens is 417 g/mol. The van der Waals surface area contributed by atoms with Gasteiger partial charge in [-0.1, -0.05) is 31.2 Å². The van der Waals surface area contributed by atoms with E-state index in [-0.39, 0.29) is 0 Å². The number of nitrogens with one attached hydrogen (secondary N) is 1. The van der Waals surface area contributed by atoms with Crippen molar-refractivity contribution >= 4 is 59.0 Å². The van der Waals surface area contributed by atoms with E-state index >= 15 is 0 Å².